The number of nitrogens with one attached hydrogen (secondary N) is 1. The summed E-state index contributed by atoms with van der Waals surface area (Å²) in [4.78, 5) is 12.3. The average Bonchev–Trinajstić information content (AvgIpc) is 2.80. The van der Waals surface area contributed by atoms with Gasteiger partial charge in [-0.25, -0.2) is 18.2 Å². The number of rotatable bonds is 8. The Bertz CT molecular complexity index is 1310. The molecule has 0 heterocycles. The van der Waals surface area contributed by atoms with Crippen molar-refractivity contribution in [2.45, 2.75) is 17.6 Å². The molecule has 0 unspecified atom stereocenters. The van der Waals surface area contributed by atoms with Gasteiger partial charge in [-0.2, -0.15) is 22.6 Å². The highest BCUT2D eigenvalue weighted by atomic mass is 35.5. The molecule has 35 heavy (non-hydrogen) atoms. The van der Waals surface area contributed by atoms with Gasteiger partial charge in [-0.15, -0.1) is 0 Å². The van der Waals surface area contributed by atoms with Gasteiger partial charge in [0.2, 0.25) is 10.0 Å². The highest BCUT2D eigenvalue weighted by Gasteiger charge is 2.32. The predicted molar refractivity (Wildman–Crippen MR) is 123 cm³/mol. The summed E-state index contributed by atoms with van der Waals surface area (Å²) in [7, 11) is -4.21. The summed E-state index contributed by atoms with van der Waals surface area (Å²) in [6, 6.07) is 14.9. The van der Waals surface area contributed by atoms with E-state index < -0.39 is 40.0 Å². The van der Waals surface area contributed by atoms with Crippen LogP contribution < -0.4 is 5.43 Å². The number of carbonyl (C=O) groups excluding carboxylic acids is 1. The second-order valence-corrected chi connectivity index (χ2v) is 9.61. The number of halogens is 5. The number of alkyl halides is 3. The van der Waals surface area contributed by atoms with Crippen LogP contribution in [-0.4, -0.2) is 31.4 Å². The number of hydrogen-bond acceptors (Lipinski definition) is 4. The summed E-state index contributed by atoms with van der Waals surface area (Å²) in [5, 5.41) is 3.85. The third kappa shape index (κ3) is 7.10. The molecule has 0 aliphatic heterocycles. The highest BCUT2D eigenvalue weighted by Crippen LogP contribution is 2.31. The Kier molecular flexibility index (Phi) is 8.26. The number of sulfonamides is 1. The molecule has 0 bridgehead atoms. The van der Waals surface area contributed by atoms with E-state index in [-0.39, 0.29) is 17.0 Å². The van der Waals surface area contributed by atoms with Crippen LogP contribution in [0.3, 0.4) is 0 Å². The first-order chi connectivity index (χ1) is 16.5. The van der Waals surface area contributed by atoms with Crippen LogP contribution in [0.2, 0.25) is 5.02 Å². The van der Waals surface area contributed by atoms with E-state index >= 15 is 0 Å². The minimum atomic E-state index is -4.62. The summed E-state index contributed by atoms with van der Waals surface area (Å²) in [6.45, 7) is -0.986. The Morgan fingerprint density at radius 3 is 2.26 bits per heavy atom. The molecule has 0 saturated carbocycles. The van der Waals surface area contributed by atoms with Crippen molar-refractivity contribution in [1.82, 2.24) is 9.73 Å². The monoisotopic (exact) mass is 527 g/mol. The van der Waals surface area contributed by atoms with E-state index in [4.69, 9.17) is 11.6 Å². The Hall–Kier alpha value is -3.28. The van der Waals surface area contributed by atoms with Crippen LogP contribution in [0.1, 0.15) is 16.7 Å². The lowest BCUT2D eigenvalue weighted by Gasteiger charge is -2.21. The van der Waals surface area contributed by atoms with Crippen molar-refractivity contribution in [3.8, 4) is 0 Å². The Labute approximate surface area is 203 Å². The van der Waals surface area contributed by atoms with Gasteiger partial charge in [0.1, 0.15) is 5.82 Å². The molecule has 3 rings (SSSR count). The molecule has 0 saturated heterocycles. The molecule has 0 aromatic heterocycles. The maximum Gasteiger partial charge on any atom is 0.417 e. The zero-order valence-corrected chi connectivity index (χ0v) is 19.4. The molecule has 1 amide bonds. The van der Waals surface area contributed by atoms with Crippen molar-refractivity contribution in [2.75, 3.05) is 6.54 Å². The van der Waals surface area contributed by atoms with E-state index in [1.807, 2.05) is 5.43 Å². The number of hydrogen-bond donors (Lipinski definition) is 1. The fourth-order valence-electron chi connectivity index (χ4n) is 3.01. The molecule has 0 atom stereocenters. The topological polar surface area (TPSA) is 78.8 Å². The van der Waals surface area contributed by atoms with E-state index in [2.05, 4.69) is 5.10 Å². The molecule has 12 heteroatoms. The standard InChI is InChI=1S/C23H18ClF4N3O3S/c24-18-7-11-20(12-8-18)35(33,34)31(14-16-5-9-19(25)10-6-16)15-22(32)30-29-13-17-3-1-2-4-21(17)23(26,27)28/h1-13H,14-15H2,(H,30,32)/b29-13-. The van der Waals surface area contributed by atoms with Gasteiger partial charge in [-0.1, -0.05) is 41.9 Å². The van der Waals surface area contributed by atoms with E-state index in [1.54, 1.807) is 0 Å². The van der Waals surface area contributed by atoms with Crippen LogP contribution in [0, 0.1) is 5.82 Å². The molecule has 0 aliphatic rings. The predicted octanol–water partition coefficient (Wildman–Crippen LogP) is 4.84. The van der Waals surface area contributed by atoms with Gasteiger partial charge in [0.15, 0.2) is 0 Å². The van der Waals surface area contributed by atoms with Gasteiger partial charge >= 0.3 is 6.18 Å². The third-order valence-corrected chi connectivity index (χ3v) is 6.76. The number of benzene rings is 3. The minimum Gasteiger partial charge on any atom is -0.272 e. The number of nitrogens with zero attached hydrogens (tertiary/aromatic N) is 2. The first-order valence-corrected chi connectivity index (χ1v) is 11.8. The minimum absolute atomic E-state index is 0.139. The number of carbonyl (C=O) groups is 1. The normalized spacial score (nSPS) is 12.3. The number of hydrazone groups is 1. The fourth-order valence-corrected chi connectivity index (χ4v) is 4.52. The van der Waals surface area contributed by atoms with Gasteiger partial charge in [-0.3, -0.25) is 4.79 Å². The second-order valence-electron chi connectivity index (χ2n) is 7.23. The summed E-state index contributed by atoms with van der Waals surface area (Å²) in [5.41, 5.74) is 1.22. The van der Waals surface area contributed by atoms with Crippen molar-refractivity contribution in [3.05, 3.63) is 100 Å². The molecular formula is C23H18ClF4N3O3S. The smallest absolute Gasteiger partial charge is 0.272 e. The van der Waals surface area contributed by atoms with Crippen LogP contribution in [0.25, 0.3) is 0 Å². The Balaban J connectivity index is 1.81. The molecule has 1 N–H and O–H groups in total. The van der Waals surface area contributed by atoms with Crippen LogP contribution in [0.4, 0.5) is 17.6 Å². The molecule has 0 spiro atoms. The van der Waals surface area contributed by atoms with Gasteiger partial charge < -0.3 is 0 Å². The molecule has 184 valence electrons. The van der Waals surface area contributed by atoms with E-state index in [9.17, 15) is 30.8 Å². The average molecular weight is 528 g/mol. The molecule has 0 fully saturated rings. The van der Waals surface area contributed by atoms with Crippen molar-refractivity contribution in [3.63, 3.8) is 0 Å². The lowest BCUT2D eigenvalue weighted by Crippen LogP contribution is -2.39. The van der Waals surface area contributed by atoms with E-state index in [0.717, 1.165) is 28.7 Å². The van der Waals surface area contributed by atoms with Gasteiger partial charge in [0.25, 0.3) is 5.91 Å². The fraction of sp³-hybridized carbons (Fsp3) is 0.130. The van der Waals surface area contributed by atoms with E-state index in [1.165, 1.54) is 54.6 Å². The van der Waals surface area contributed by atoms with Gasteiger partial charge in [0, 0.05) is 17.1 Å². The first kappa shape index (κ1) is 26.3. The third-order valence-electron chi connectivity index (χ3n) is 4.70. The lowest BCUT2D eigenvalue weighted by molar-refractivity contribution is -0.137. The molecule has 3 aromatic carbocycles. The van der Waals surface area contributed by atoms with E-state index in [0.29, 0.717) is 10.6 Å². The van der Waals surface area contributed by atoms with Crippen LogP contribution in [0.5, 0.6) is 0 Å². The summed E-state index contributed by atoms with van der Waals surface area (Å²) in [6.07, 6.45) is -3.80. The van der Waals surface area contributed by atoms with Crippen LogP contribution >= 0.6 is 11.6 Å². The largest absolute Gasteiger partial charge is 0.417 e. The summed E-state index contributed by atoms with van der Waals surface area (Å²) in [5.74, 6) is -1.42. The van der Waals surface area contributed by atoms with Crippen molar-refractivity contribution in [2.24, 2.45) is 5.10 Å². The lowest BCUT2D eigenvalue weighted by atomic mass is 10.1. The Morgan fingerprint density at radius 2 is 1.63 bits per heavy atom. The highest BCUT2D eigenvalue weighted by molar-refractivity contribution is 7.89. The quantitative estimate of drug-likeness (QED) is 0.259. The SMILES string of the molecule is O=C(CN(Cc1ccc(F)cc1)S(=O)(=O)c1ccc(Cl)cc1)N/N=C\c1ccccc1C(F)(F)F. The molecular weight excluding hydrogens is 510 g/mol. The van der Waals surface area contributed by atoms with Gasteiger partial charge in [0.05, 0.1) is 23.2 Å². The zero-order valence-electron chi connectivity index (χ0n) is 17.8. The Morgan fingerprint density at radius 1 is 1.00 bits per heavy atom. The van der Waals surface area contributed by atoms with Crippen LogP contribution in [0.15, 0.2) is 82.8 Å². The van der Waals surface area contributed by atoms with Gasteiger partial charge in [-0.05, 0) is 48.0 Å². The molecule has 6 nitrogen and oxygen atoms in total. The maximum atomic E-state index is 13.3. The second kappa shape index (κ2) is 11.0. The maximum absolute atomic E-state index is 13.3. The molecule has 0 radical (unpaired) electrons. The molecule has 3 aromatic rings. The zero-order chi connectivity index (χ0) is 25.6. The summed E-state index contributed by atoms with van der Waals surface area (Å²) < 4.78 is 79.7. The van der Waals surface area contributed by atoms with Crippen molar-refractivity contribution >= 4 is 33.7 Å². The van der Waals surface area contributed by atoms with Crippen molar-refractivity contribution in [1.29, 1.82) is 0 Å². The first-order valence-electron chi connectivity index (χ1n) is 9.95. The summed E-state index contributed by atoms with van der Waals surface area (Å²) >= 11 is 5.82. The van der Waals surface area contributed by atoms with Crippen molar-refractivity contribution < 1.29 is 30.8 Å². The van der Waals surface area contributed by atoms with Crippen LogP contribution in [-0.2, 0) is 27.5 Å². The molecule has 0 aliphatic carbocycles. The number of amides is 1.